The maximum Gasteiger partial charge on any atom is 0.269 e. The van der Waals surface area contributed by atoms with Gasteiger partial charge in [-0.3, -0.25) is 10.1 Å². The summed E-state index contributed by atoms with van der Waals surface area (Å²) in [6.07, 6.45) is 0.639. The van der Waals surface area contributed by atoms with Gasteiger partial charge in [0.25, 0.3) is 5.69 Å². The van der Waals surface area contributed by atoms with E-state index in [0.29, 0.717) is 6.61 Å². The number of benzene rings is 2. The number of nitrogens with one attached hydrogen (secondary N) is 1. The number of ether oxygens (including phenoxy) is 1. The number of nitro benzene ring substituents is 1. The molecular formula is C17H13BrN2O3. The molecule has 1 aliphatic heterocycles. The molecule has 2 aromatic carbocycles. The molecule has 0 fully saturated rings. The number of rotatable bonds is 2. The molecule has 0 radical (unpaired) electrons. The van der Waals surface area contributed by atoms with Gasteiger partial charge in [-0.05, 0) is 47.9 Å². The molecule has 116 valence electrons. The van der Waals surface area contributed by atoms with Gasteiger partial charge in [0, 0.05) is 27.5 Å². The Balaban J connectivity index is 1.81. The fraction of sp³-hybridized carbons (Fsp3) is 0.176. The van der Waals surface area contributed by atoms with Gasteiger partial charge in [-0.2, -0.15) is 0 Å². The average Bonchev–Trinajstić information content (AvgIpc) is 2.93. The highest BCUT2D eigenvalue weighted by atomic mass is 79.9. The quantitative estimate of drug-likeness (QED) is 0.531. The Hall–Kier alpha value is -2.18. The molecule has 2 heterocycles. The van der Waals surface area contributed by atoms with Crippen LogP contribution in [0.4, 0.5) is 5.69 Å². The molecule has 1 aliphatic rings. The number of non-ortho nitro benzene ring substituents is 1. The Labute approximate surface area is 140 Å². The zero-order valence-electron chi connectivity index (χ0n) is 12.1. The van der Waals surface area contributed by atoms with E-state index in [4.69, 9.17) is 4.74 Å². The van der Waals surface area contributed by atoms with E-state index in [0.717, 1.165) is 27.7 Å². The largest absolute Gasteiger partial charge is 0.367 e. The Morgan fingerprint density at radius 2 is 2.00 bits per heavy atom. The Bertz CT molecular complexity index is 902. The molecule has 1 atom stereocenters. The van der Waals surface area contributed by atoms with Crippen molar-refractivity contribution >= 4 is 32.5 Å². The van der Waals surface area contributed by atoms with E-state index in [1.54, 1.807) is 12.1 Å². The molecule has 4 rings (SSSR count). The Morgan fingerprint density at radius 1 is 1.22 bits per heavy atom. The van der Waals surface area contributed by atoms with E-state index in [1.807, 2.05) is 12.1 Å². The molecule has 0 saturated carbocycles. The number of fused-ring (bicyclic) bond motifs is 3. The molecule has 6 heteroatoms. The van der Waals surface area contributed by atoms with E-state index in [2.05, 4.69) is 27.0 Å². The molecule has 0 bridgehead atoms. The molecule has 0 spiro atoms. The molecule has 0 aliphatic carbocycles. The van der Waals surface area contributed by atoms with Crippen LogP contribution in [0, 0.1) is 10.1 Å². The lowest BCUT2D eigenvalue weighted by Crippen LogP contribution is -2.16. The summed E-state index contributed by atoms with van der Waals surface area (Å²) in [4.78, 5) is 13.9. The lowest BCUT2D eigenvalue weighted by molar-refractivity contribution is -0.384. The maximum atomic E-state index is 10.8. The number of nitro groups is 1. The highest BCUT2D eigenvalue weighted by molar-refractivity contribution is 9.10. The highest BCUT2D eigenvalue weighted by Crippen LogP contribution is 2.37. The van der Waals surface area contributed by atoms with Crippen LogP contribution in [0.25, 0.3) is 10.9 Å². The van der Waals surface area contributed by atoms with Gasteiger partial charge in [-0.1, -0.05) is 15.9 Å². The summed E-state index contributed by atoms with van der Waals surface area (Å²) >= 11 is 3.52. The number of aromatic nitrogens is 1. The predicted molar refractivity (Wildman–Crippen MR) is 90.6 cm³/mol. The fourth-order valence-electron chi connectivity index (χ4n) is 3.13. The highest BCUT2D eigenvalue weighted by Gasteiger charge is 2.26. The van der Waals surface area contributed by atoms with Crippen LogP contribution in [0.1, 0.15) is 22.9 Å². The van der Waals surface area contributed by atoms with Crippen molar-refractivity contribution in [2.24, 2.45) is 0 Å². The molecule has 23 heavy (non-hydrogen) atoms. The van der Waals surface area contributed by atoms with Crippen molar-refractivity contribution in [2.75, 3.05) is 6.61 Å². The smallest absolute Gasteiger partial charge is 0.269 e. The normalized spacial score (nSPS) is 17.2. The fourth-order valence-corrected chi connectivity index (χ4v) is 3.49. The van der Waals surface area contributed by atoms with Gasteiger partial charge in [0.2, 0.25) is 0 Å². The molecule has 1 aromatic heterocycles. The number of nitrogens with zero attached hydrogens (tertiary/aromatic N) is 1. The first-order valence-corrected chi connectivity index (χ1v) is 8.09. The van der Waals surface area contributed by atoms with Crippen molar-refractivity contribution in [3.8, 4) is 0 Å². The van der Waals surface area contributed by atoms with Gasteiger partial charge >= 0.3 is 0 Å². The van der Waals surface area contributed by atoms with Crippen molar-refractivity contribution < 1.29 is 9.66 Å². The summed E-state index contributed by atoms with van der Waals surface area (Å²) in [5, 5.41) is 12.0. The van der Waals surface area contributed by atoms with Crippen molar-refractivity contribution in [1.29, 1.82) is 0 Å². The van der Waals surface area contributed by atoms with Crippen LogP contribution >= 0.6 is 15.9 Å². The van der Waals surface area contributed by atoms with Crippen molar-refractivity contribution in [3.63, 3.8) is 0 Å². The zero-order valence-corrected chi connectivity index (χ0v) is 13.7. The van der Waals surface area contributed by atoms with Crippen LogP contribution in [0.3, 0.4) is 0 Å². The first kappa shape index (κ1) is 14.4. The number of hydrogen-bond donors (Lipinski definition) is 1. The van der Waals surface area contributed by atoms with Gasteiger partial charge in [0.05, 0.1) is 17.2 Å². The van der Waals surface area contributed by atoms with Gasteiger partial charge < -0.3 is 9.72 Å². The molecule has 1 N–H and O–H groups in total. The summed E-state index contributed by atoms with van der Waals surface area (Å²) in [6.45, 7) is 0.633. The topological polar surface area (TPSA) is 68.2 Å². The number of H-pyrrole nitrogens is 1. The second-order valence-electron chi connectivity index (χ2n) is 5.56. The molecule has 0 saturated heterocycles. The van der Waals surface area contributed by atoms with Crippen LogP contribution in [-0.4, -0.2) is 16.5 Å². The van der Waals surface area contributed by atoms with Crippen LogP contribution in [0.15, 0.2) is 46.9 Å². The van der Waals surface area contributed by atoms with E-state index in [-0.39, 0.29) is 11.8 Å². The number of aromatic amines is 1. The van der Waals surface area contributed by atoms with E-state index in [9.17, 15) is 10.1 Å². The predicted octanol–water partition coefficient (Wildman–Crippen LogP) is 4.50. The van der Waals surface area contributed by atoms with E-state index >= 15 is 0 Å². The minimum atomic E-state index is -0.391. The lowest BCUT2D eigenvalue weighted by Gasteiger charge is -2.23. The third kappa shape index (κ3) is 2.44. The Kier molecular flexibility index (Phi) is 3.43. The van der Waals surface area contributed by atoms with Crippen LogP contribution in [-0.2, 0) is 11.2 Å². The van der Waals surface area contributed by atoms with Gasteiger partial charge in [0.15, 0.2) is 0 Å². The van der Waals surface area contributed by atoms with Crippen LogP contribution in [0.2, 0.25) is 0 Å². The molecule has 1 unspecified atom stereocenters. The van der Waals surface area contributed by atoms with Crippen molar-refractivity contribution in [1.82, 2.24) is 4.98 Å². The van der Waals surface area contributed by atoms with Crippen LogP contribution < -0.4 is 0 Å². The third-order valence-corrected chi connectivity index (χ3v) is 4.70. The first-order chi connectivity index (χ1) is 11.1. The molecule has 5 nitrogen and oxygen atoms in total. The minimum Gasteiger partial charge on any atom is -0.367 e. The van der Waals surface area contributed by atoms with Crippen molar-refractivity contribution in [3.05, 3.63) is 73.9 Å². The van der Waals surface area contributed by atoms with Crippen molar-refractivity contribution in [2.45, 2.75) is 12.5 Å². The molecule has 3 aromatic rings. The molecular weight excluding hydrogens is 360 g/mol. The van der Waals surface area contributed by atoms with Crippen LogP contribution in [0.5, 0.6) is 0 Å². The number of halogens is 1. The standard InChI is InChI=1S/C17H13BrN2O3/c18-11-3-6-15-14(9-11)13-7-8-23-17(16(13)19-15)10-1-4-12(5-2-10)20(21)22/h1-6,9,17,19H,7-8H2. The van der Waals surface area contributed by atoms with E-state index in [1.165, 1.54) is 23.1 Å². The van der Waals surface area contributed by atoms with Gasteiger partial charge in [-0.15, -0.1) is 0 Å². The summed E-state index contributed by atoms with van der Waals surface area (Å²) in [7, 11) is 0. The molecule has 0 amide bonds. The average molecular weight is 373 g/mol. The minimum absolute atomic E-state index is 0.0883. The summed E-state index contributed by atoms with van der Waals surface area (Å²) in [5.41, 5.74) is 4.39. The van der Waals surface area contributed by atoms with Gasteiger partial charge in [-0.25, -0.2) is 0 Å². The SMILES string of the molecule is O=[N+]([O-])c1ccc(C2OCCc3c2[nH]c2ccc(Br)cc32)cc1. The van der Waals surface area contributed by atoms with E-state index < -0.39 is 4.92 Å². The zero-order chi connectivity index (χ0) is 16.0. The maximum absolute atomic E-state index is 10.8. The second kappa shape index (κ2) is 5.47. The third-order valence-electron chi connectivity index (χ3n) is 4.21. The summed E-state index contributed by atoms with van der Waals surface area (Å²) in [5.74, 6) is 0. The number of hydrogen-bond acceptors (Lipinski definition) is 3. The second-order valence-corrected chi connectivity index (χ2v) is 6.47. The summed E-state index contributed by atoms with van der Waals surface area (Å²) in [6, 6.07) is 12.7. The monoisotopic (exact) mass is 372 g/mol. The Morgan fingerprint density at radius 3 is 2.74 bits per heavy atom. The summed E-state index contributed by atoms with van der Waals surface area (Å²) < 4.78 is 6.98. The first-order valence-electron chi connectivity index (χ1n) is 7.29. The van der Waals surface area contributed by atoms with Gasteiger partial charge in [0.1, 0.15) is 6.10 Å². The lowest BCUT2D eigenvalue weighted by atomic mass is 9.97.